The lowest BCUT2D eigenvalue weighted by molar-refractivity contribution is -0.139. The number of halogens is 1. The Kier molecular flexibility index (Phi) is 7.30. The van der Waals surface area contributed by atoms with Gasteiger partial charge in [0, 0.05) is 41.8 Å². The summed E-state index contributed by atoms with van der Waals surface area (Å²) in [6.45, 7) is 6.12. The third-order valence-electron chi connectivity index (χ3n) is 6.25. The van der Waals surface area contributed by atoms with Crippen molar-refractivity contribution in [2.45, 2.75) is 39.8 Å². The van der Waals surface area contributed by atoms with Crippen LogP contribution >= 0.6 is 11.6 Å². The number of H-pyrrole nitrogens is 1. The third kappa shape index (κ3) is 4.66. The highest BCUT2D eigenvalue weighted by atomic mass is 35.5. The molecule has 1 aliphatic heterocycles. The lowest BCUT2D eigenvalue weighted by atomic mass is 9.94. The summed E-state index contributed by atoms with van der Waals surface area (Å²) >= 11 is 6.08. The minimum absolute atomic E-state index is 0.0365. The van der Waals surface area contributed by atoms with Crippen LogP contribution < -0.4 is 0 Å². The lowest BCUT2D eigenvalue weighted by Crippen LogP contribution is -2.31. The summed E-state index contributed by atoms with van der Waals surface area (Å²) < 4.78 is 6.98. The van der Waals surface area contributed by atoms with Gasteiger partial charge in [-0.2, -0.15) is 0 Å². The number of aliphatic hydroxyl groups excluding tert-OH is 1. The molecule has 2 aromatic heterocycles. The van der Waals surface area contributed by atoms with E-state index in [4.69, 9.17) is 16.3 Å². The van der Waals surface area contributed by atoms with Crippen molar-refractivity contribution in [1.82, 2.24) is 19.4 Å². The molecular weight excluding hydrogens is 484 g/mol. The zero-order chi connectivity index (χ0) is 26.0. The quantitative estimate of drug-likeness (QED) is 0.203. The van der Waals surface area contributed by atoms with Crippen molar-refractivity contribution < 1.29 is 24.2 Å². The van der Waals surface area contributed by atoms with E-state index in [9.17, 15) is 19.5 Å². The number of likely N-dealkylation sites (tertiary alicyclic amines) is 1. The van der Waals surface area contributed by atoms with Crippen LogP contribution in [0.25, 0.3) is 5.76 Å². The van der Waals surface area contributed by atoms with Crippen molar-refractivity contribution in [2.75, 3.05) is 13.2 Å². The zero-order valence-corrected chi connectivity index (χ0v) is 21.0. The Hall–Kier alpha value is -3.85. The first-order valence-electron chi connectivity index (χ1n) is 11.6. The van der Waals surface area contributed by atoms with Crippen LogP contribution in [0.1, 0.15) is 52.3 Å². The molecule has 4 rings (SSSR count). The molecule has 3 heterocycles. The van der Waals surface area contributed by atoms with Crippen molar-refractivity contribution in [1.29, 1.82) is 0 Å². The van der Waals surface area contributed by atoms with Crippen LogP contribution in [0, 0.1) is 13.8 Å². The molecule has 1 saturated heterocycles. The molecule has 188 valence electrons. The zero-order valence-electron chi connectivity index (χ0n) is 20.2. The molecule has 3 aromatic rings. The number of hydrogen-bond acceptors (Lipinski definition) is 6. The van der Waals surface area contributed by atoms with Gasteiger partial charge in [-0.15, -0.1) is 0 Å². The second-order valence-electron chi connectivity index (χ2n) is 8.54. The Labute approximate surface area is 213 Å². The number of amides is 1. The Morgan fingerprint density at radius 1 is 1.19 bits per heavy atom. The minimum Gasteiger partial charge on any atom is -0.507 e. The van der Waals surface area contributed by atoms with Gasteiger partial charge in [0.25, 0.3) is 11.7 Å². The number of carbonyl (C=O) groups excluding carboxylic acids is 3. The van der Waals surface area contributed by atoms with Gasteiger partial charge in [0.15, 0.2) is 0 Å². The topological polar surface area (TPSA) is 118 Å². The minimum atomic E-state index is -0.815. The summed E-state index contributed by atoms with van der Waals surface area (Å²) in [5, 5.41) is 12.0. The van der Waals surface area contributed by atoms with Crippen LogP contribution in [0.3, 0.4) is 0 Å². The summed E-state index contributed by atoms with van der Waals surface area (Å²) in [6.07, 6.45) is 5.75. The molecule has 2 N–H and O–H groups in total. The first-order valence-corrected chi connectivity index (χ1v) is 12.0. The van der Waals surface area contributed by atoms with Crippen LogP contribution in [0.5, 0.6) is 0 Å². The Bertz CT molecular complexity index is 1330. The Morgan fingerprint density at radius 2 is 1.92 bits per heavy atom. The predicted octanol–water partition coefficient (Wildman–Crippen LogP) is 4.17. The molecule has 1 fully saturated rings. The van der Waals surface area contributed by atoms with E-state index in [1.807, 2.05) is 10.8 Å². The van der Waals surface area contributed by atoms with Gasteiger partial charge in [-0.05, 0) is 50.5 Å². The molecule has 0 bridgehead atoms. The fourth-order valence-corrected chi connectivity index (χ4v) is 4.72. The summed E-state index contributed by atoms with van der Waals surface area (Å²) in [6, 6.07) is 6.00. The third-order valence-corrected chi connectivity index (χ3v) is 6.51. The molecule has 0 aliphatic carbocycles. The van der Waals surface area contributed by atoms with E-state index in [0.29, 0.717) is 40.4 Å². The maximum absolute atomic E-state index is 13.3. The summed E-state index contributed by atoms with van der Waals surface area (Å²) in [7, 11) is 0. The number of aromatic nitrogens is 3. The second-order valence-corrected chi connectivity index (χ2v) is 8.98. The van der Waals surface area contributed by atoms with Gasteiger partial charge in [-0.3, -0.25) is 9.59 Å². The van der Waals surface area contributed by atoms with E-state index >= 15 is 0 Å². The molecule has 36 heavy (non-hydrogen) atoms. The van der Waals surface area contributed by atoms with E-state index in [1.54, 1.807) is 57.6 Å². The van der Waals surface area contributed by atoms with Crippen molar-refractivity contribution in [3.05, 3.63) is 81.7 Å². The molecular formula is C26H27ClN4O5. The number of benzene rings is 1. The van der Waals surface area contributed by atoms with Crippen molar-refractivity contribution in [3.8, 4) is 0 Å². The monoisotopic (exact) mass is 510 g/mol. The van der Waals surface area contributed by atoms with Crippen LogP contribution in [-0.4, -0.2) is 55.4 Å². The summed E-state index contributed by atoms with van der Waals surface area (Å²) in [5.74, 6) is -2.38. The fraction of sp³-hybridized carbons (Fsp3) is 0.308. The highest BCUT2D eigenvalue weighted by molar-refractivity contribution is 6.46. The largest absolute Gasteiger partial charge is 0.507 e. The Morgan fingerprint density at radius 3 is 2.56 bits per heavy atom. The first-order chi connectivity index (χ1) is 17.2. The number of rotatable bonds is 8. The average molecular weight is 511 g/mol. The maximum atomic E-state index is 13.3. The number of aryl methyl sites for hydroxylation is 2. The van der Waals surface area contributed by atoms with E-state index in [-0.39, 0.29) is 30.2 Å². The molecule has 1 aromatic carbocycles. The predicted molar refractivity (Wildman–Crippen MR) is 134 cm³/mol. The van der Waals surface area contributed by atoms with E-state index in [0.717, 1.165) is 0 Å². The number of nitrogens with one attached hydrogen (secondary N) is 1. The highest BCUT2D eigenvalue weighted by Gasteiger charge is 2.46. The normalized spacial score (nSPS) is 17.1. The van der Waals surface area contributed by atoms with Gasteiger partial charge < -0.3 is 24.3 Å². The number of esters is 1. The number of aliphatic hydroxyl groups is 1. The van der Waals surface area contributed by atoms with Gasteiger partial charge in [-0.25, -0.2) is 9.78 Å². The van der Waals surface area contributed by atoms with E-state index < -0.39 is 23.7 Å². The molecule has 10 heteroatoms. The number of aromatic amines is 1. The molecule has 0 spiro atoms. The van der Waals surface area contributed by atoms with Crippen LogP contribution in [-0.2, 0) is 20.9 Å². The van der Waals surface area contributed by atoms with Gasteiger partial charge in [0.1, 0.15) is 11.5 Å². The van der Waals surface area contributed by atoms with Crippen LogP contribution in [0.2, 0.25) is 5.02 Å². The Balaban J connectivity index is 1.78. The van der Waals surface area contributed by atoms with Gasteiger partial charge in [0.05, 0.1) is 24.5 Å². The molecule has 0 saturated carbocycles. The smallest absolute Gasteiger partial charge is 0.355 e. The molecule has 1 atom stereocenters. The number of ether oxygens (including phenoxy) is 1. The average Bonchev–Trinajstić information content (AvgIpc) is 3.53. The van der Waals surface area contributed by atoms with Gasteiger partial charge >= 0.3 is 5.97 Å². The second kappa shape index (κ2) is 10.4. The van der Waals surface area contributed by atoms with Crippen molar-refractivity contribution >= 4 is 35.0 Å². The van der Waals surface area contributed by atoms with Gasteiger partial charge in [0.2, 0.25) is 0 Å². The number of Topliss-reactive ketones (excluding diaryl/α,β-unsaturated/α-hetero) is 1. The number of nitrogens with zero attached hydrogens (tertiary/aromatic N) is 3. The van der Waals surface area contributed by atoms with E-state index in [2.05, 4.69) is 9.97 Å². The molecule has 1 amide bonds. The number of ketones is 1. The molecule has 0 radical (unpaired) electrons. The number of hydrogen-bond donors (Lipinski definition) is 2. The number of imidazole rings is 1. The van der Waals surface area contributed by atoms with Gasteiger partial charge in [-0.1, -0.05) is 23.7 Å². The summed E-state index contributed by atoms with van der Waals surface area (Å²) in [4.78, 5) is 47.3. The standard InChI is InChI=1S/C26H27ClN4O5/c1-4-36-26(35)21-15(2)19(16(3)29-21)23(32)20-22(17-6-8-18(27)9-7-17)31(25(34)24(20)33)12-5-11-30-13-10-28-14-30/h6-10,13-14,22,29,32H,4-5,11-12H2,1-3H3/t22-/m0/s1. The first kappa shape index (κ1) is 25.2. The van der Waals surface area contributed by atoms with Crippen LogP contribution in [0.4, 0.5) is 0 Å². The molecule has 9 nitrogen and oxygen atoms in total. The molecule has 0 unspecified atom stereocenters. The maximum Gasteiger partial charge on any atom is 0.355 e. The fourth-order valence-electron chi connectivity index (χ4n) is 4.59. The lowest BCUT2D eigenvalue weighted by Gasteiger charge is -2.25. The SMILES string of the molecule is CCOC(=O)c1[nH]c(C)c(C(O)=C2C(=O)C(=O)N(CCCn3ccnc3)[C@H]2c2ccc(Cl)cc2)c1C. The summed E-state index contributed by atoms with van der Waals surface area (Å²) in [5.41, 5.74) is 2.01. The number of carbonyl (C=O) groups is 3. The highest BCUT2D eigenvalue weighted by Crippen LogP contribution is 2.41. The van der Waals surface area contributed by atoms with E-state index in [1.165, 1.54) is 4.90 Å². The van der Waals surface area contributed by atoms with Crippen LogP contribution in [0.15, 0.2) is 48.6 Å². The molecule has 1 aliphatic rings. The van der Waals surface area contributed by atoms with Crippen molar-refractivity contribution in [2.24, 2.45) is 0 Å². The van der Waals surface area contributed by atoms with Crippen molar-refractivity contribution in [3.63, 3.8) is 0 Å².